The molecule has 1 atom stereocenters. The van der Waals surface area contributed by atoms with Crippen molar-refractivity contribution in [1.29, 1.82) is 0 Å². The van der Waals surface area contributed by atoms with Crippen LogP contribution in [0.15, 0.2) is 60.7 Å². The molecular formula is C23H28N4O3. The first kappa shape index (κ1) is 21.4. The molecule has 158 valence electrons. The van der Waals surface area contributed by atoms with Gasteiger partial charge in [0.1, 0.15) is 6.04 Å². The summed E-state index contributed by atoms with van der Waals surface area (Å²) >= 11 is 0. The highest BCUT2D eigenvalue weighted by atomic mass is 16.2. The average molecular weight is 409 g/mol. The third-order valence-corrected chi connectivity index (χ3v) is 5.15. The van der Waals surface area contributed by atoms with E-state index in [1.807, 2.05) is 50.2 Å². The van der Waals surface area contributed by atoms with Gasteiger partial charge in [-0.3, -0.25) is 9.59 Å². The highest BCUT2D eigenvalue weighted by Crippen LogP contribution is 2.13. The summed E-state index contributed by atoms with van der Waals surface area (Å²) in [7, 11) is 0. The van der Waals surface area contributed by atoms with Crippen LogP contribution < -0.4 is 10.6 Å². The molecule has 2 N–H and O–H groups in total. The Morgan fingerprint density at radius 2 is 1.33 bits per heavy atom. The van der Waals surface area contributed by atoms with Gasteiger partial charge in [-0.25, -0.2) is 4.79 Å². The Morgan fingerprint density at radius 1 is 0.800 bits per heavy atom. The number of carbonyl (C=O) groups excluding carboxylic acids is 3. The maximum Gasteiger partial charge on any atom is 0.319 e. The van der Waals surface area contributed by atoms with Crippen LogP contribution in [-0.2, 0) is 4.79 Å². The Morgan fingerprint density at radius 3 is 1.90 bits per heavy atom. The van der Waals surface area contributed by atoms with Gasteiger partial charge in [0.25, 0.3) is 5.91 Å². The molecule has 1 aliphatic rings. The molecule has 1 fully saturated rings. The van der Waals surface area contributed by atoms with Gasteiger partial charge in [-0.1, -0.05) is 50.2 Å². The van der Waals surface area contributed by atoms with E-state index in [1.165, 1.54) is 0 Å². The molecule has 3 rings (SSSR count). The fourth-order valence-corrected chi connectivity index (χ4v) is 3.43. The Labute approximate surface area is 177 Å². The zero-order valence-electron chi connectivity index (χ0n) is 17.4. The van der Waals surface area contributed by atoms with Gasteiger partial charge >= 0.3 is 6.03 Å². The molecule has 1 heterocycles. The Kier molecular flexibility index (Phi) is 7.06. The van der Waals surface area contributed by atoms with Crippen LogP contribution in [-0.4, -0.2) is 59.9 Å². The summed E-state index contributed by atoms with van der Waals surface area (Å²) in [4.78, 5) is 41.5. The second kappa shape index (κ2) is 9.91. The second-order valence-corrected chi connectivity index (χ2v) is 7.67. The highest BCUT2D eigenvalue weighted by Gasteiger charge is 2.31. The predicted molar refractivity (Wildman–Crippen MR) is 116 cm³/mol. The van der Waals surface area contributed by atoms with E-state index in [9.17, 15) is 14.4 Å². The Balaban J connectivity index is 1.56. The summed E-state index contributed by atoms with van der Waals surface area (Å²) in [5, 5.41) is 5.55. The predicted octanol–water partition coefficient (Wildman–Crippen LogP) is 2.82. The van der Waals surface area contributed by atoms with Crippen molar-refractivity contribution in [3.63, 3.8) is 0 Å². The average Bonchev–Trinajstić information content (AvgIpc) is 2.78. The summed E-state index contributed by atoms with van der Waals surface area (Å²) in [5.74, 6) is -0.216. The maximum absolute atomic E-state index is 13.1. The first-order valence-electron chi connectivity index (χ1n) is 10.2. The van der Waals surface area contributed by atoms with E-state index in [4.69, 9.17) is 0 Å². The van der Waals surface area contributed by atoms with Gasteiger partial charge in [0.05, 0.1) is 0 Å². The zero-order chi connectivity index (χ0) is 21.5. The largest absolute Gasteiger partial charge is 0.337 e. The number of anilines is 1. The van der Waals surface area contributed by atoms with Crippen LogP contribution in [0.4, 0.5) is 10.5 Å². The summed E-state index contributed by atoms with van der Waals surface area (Å²) < 4.78 is 0. The van der Waals surface area contributed by atoms with Crippen LogP contribution >= 0.6 is 0 Å². The van der Waals surface area contributed by atoms with Crippen LogP contribution in [0.2, 0.25) is 0 Å². The van der Waals surface area contributed by atoms with Crippen LogP contribution in [0.25, 0.3) is 0 Å². The molecular weight excluding hydrogens is 380 g/mol. The highest BCUT2D eigenvalue weighted by molar-refractivity contribution is 5.95. The van der Waals surface area contributed by atoms with E-state index in [2.05, 4.69) is 10.6 Å². The molecule has 0 aliphatic carbocycles. The van der Waals surface area contributed by atoms with Crippen LogP contribution in [0.1, 0.15) is 24.2 Å². The van der Waals surface area contributed by atoms with Gasteiger partial charge in [-0.15, -0.1) is 0 Å². The van der Waals surface area contributed by atoms with Crippen molar-refractivity contribution in [1.82, 2.24) is 15.1 Å². The SMILES string of the molecule is CC(C)C(NC(=O)Nc1ccccc1)C(=O)N1CCN(C(=O)c2ccccc2)CC1. The number of carbonyl (C=O) groups is 3. The maximum atomic E-state index is 13.1. The summed E-state index contributed by atoms with van der Waals surface area (Å²) in [5.41, 5.74) is 1.31. The van der Waals surface area contributed by atoms with Gasteiger partial charge in [0.2, 0.25) is 5.91 Å². The summed E-state index contributed by atoms with van der Waals surface area (Å²) in [6.45, 7) is 5.65. The standard InChI is InChI=1S/C23H28N4O3/c1-17(2)20(25-23(30)24-19-11-7-4-8-12-19)22(29)27-15-13-26(14-16-27)21(28)18-9-5-3-6-10-18/h3-12,17,20H,13-16H2,1-2H3,(H2,24,25,30). The first-order valence-corrected chi connectivity index (χ1v) is 10.2. The van der Waals surface area contributed by atoms with E-state index >= 15 is 0 Å². The van der Waals surface area contributed by atoms with E-state index in [0.717, 1.165) is 0 Å². The van der Waals surface area contributed by atoms with Gasteiger partial charge in [0, 0.05) is 37.4 Å². The number of piperazine rings is 1. The lowest BCUT2D eigenvalue weighted by Crippen LogP contribution is -2.57. The first-order chi connectivity index (χ1) is 14.5. The van der Waals surface area contributed by atoms with Crippen molar-refractivity contribution < 1.29 is 14.4 Å². The minimum absolute atomic E-state index is 0.0246. The van der Waals surface area contributed by atoms with E-state index in [1.54, 1.807) is 34.1 Å². The third kappa shape index (κ3) is 5.37. The molecule has 0 saturated carbocycles. The number of hydrogen-bond donors (Lipinski definition) is 2. The minimum atomic E-state index is -0.634. The van der Waals surface area contributed by atoms with E-state index < -0.39 is 12.1 Å². The van der Waals surface area contributed by atoms with Crippen LogP contribution in [0, 0.1) is 5.92 Å². The Bertz CT molecular complexity index is 863. The van der Waals surface area contributed by atoms with Crippen molar-refractivity contribution in [2.75, 3.05) is 31.5 Å². The molecule has 1 aliphatic heterocycles. The molecule has 30 heavy (non-hydrogen) atoms. The lowest BCUT2D eigenvalue weighted by Gasteiger charge is -2.37. The van der Waals surface area contributed by atoms with Crippen molar-refractivity contribution >= 4 is 23.5 Å². The van der Waals surface area contributed by atoms with Gasteiger partial charge in [-0.05, 0) is 30.2 Å². The Hall–Kier alpha value is -3.35. The fraction of sp³-hybridized carbons (Fsp3) is 0.348. The lowest BCUT2D eigenvalue weighted by atomic mass is 10.0. The number of rotatable bonds is 5. The molecule has 0 spiro atoms. The molecule has 1 saturated heterocycles. The molecule has 0 radical (unpaired) electrons. The normalized spacial score (nSPS) is 14.9. The van der Waals surface area contributed by atoms with Crippen molar-refractivity contribution in [2.24, 2.45) is 5.92 Å². The molecule has 7 heteroatoms. The van der Waals surface area contributed by atoms with Gasteiger partial charge in [-0.2, -0.15) is 0 Å². The number of para-hydroxylation sites is 1. The fourth-order valence-electron chi connectivity index (χ4n) is 3.43. The monoisotopic (exact) mass is 408 g/mol. The smallest absolute Gasteiger partial charge is 0.319 e. The number of nitrogens with one attached hydrogen (secondary N) is 2. The molecule has 2 aromatic carbocycles. The van der Waals surface area contributed by atoms with Crippen LogP contribution in [0.5, 0.6) is 0 Å². The number of amides is 4. The molecule has 0 aromatic heterocycles. The van der Waals surface area contributed by atoms with Gasteiger partial charge in [0.15, 0.2) is 0 Å². The van der Waals surface area contributed by atoms with Crippen LogP contribution in [0.3, 0.4) is 0 Å². The summed E-state index contributed by atoms with van der Waals surface area (Å²) in [6, 6.07) is 17.2. The minimum Gasteiger partial charge on any atom is -0.337 e. The quantitative estimate of drug-likeness (QED) is 0.798. The molecule has 1 unspecified atom stereocenters. The number of urea groups is 1. The van der Waals surface area contributed by atoms with E-state index in [0.29, 0.717) is 37.4 Å². The third-order valence-electron chi connectivity index (χ3n) is 5.15. The second-order valence-electron chi connectivity index (χ2n) is 7.67. The molecule has 4 amide bonds. The van der Waals surface area contributed by atoms with Crippen molar-refractivity contribution in [2.45, 2.75) is 19.9 Å². The summed E-state index contributed by atoms with van der Waals surface area (Å²) in [6.07, 6.45) is 0. The molecule has 2 aromatic rings. The number of benzene rings is 2. The van der Waals surface area contributed by atoms with E-state index in [-0.39, 0.29) is 17.7 Å². The molecule has 7 nitrogen and oxygen atoms in total. The molecule has 0 bridgehead atoms. The number of nitrogens with zero attached hydrogens (tertiary/aromatic N) is 2. The van der Waals surface area contributed by atoms with Crippen molar-refractivity contribution in [3.05, 3.63) is 66.2 Å². The number of hydrogen-bond acceptors (Lipinski definition) is 3. The lowest BCUT2D eigenvalue weighted by molar-refractivity contribution is -0.135. The van der Waals surface area contributed by atoms with Crippen molar-refractivity contribution in [3.8, 4) is 0 Å². The zero-order valence-corrected chi connectivity index (χ0v) is 17.4. The van der Waals surface area contributed by atoms with Gasteiger partial charge < -0.3 is 20.4 Å². The topological polar surface area (TPSA) is 81.8 Å².